The van der Waals surface area contributed by atoms with E-state index in [2.05, 4.69) is 15.0 Å². The highest BCUT2D eigenvalue weighted by molar-refractivity contribution is 5.88. The minimum atomic E-state index is -0.209. The lowest BCUT2D eigenvalue weighted by atomic mass is 10.1. The third-order valence-corrected chi connectivity index (χ3v) is 3.64. The molecule has 0 spiro atoms. The molecule has 0 bridgehead atoms. The smallest absolute Gasteiger partial charge is 0.260 e. The van der Waals surface area contributed by atoms with Gasteiger partial charge in [0, 0.05) is 11.6 Å². The summed E-state index contributed by atoms with van der Waals surface area (Å²) in [7, 11) is 0. The van der Waals surface area contributed by atoms with Gasteiger partial charge in [0.1, 0.15) is 18.2 Å². The van der Waals surface area contributed by atoms with Gasteiger partial charge in [-0.2, -0.15) is 0 Å². The summed E-state index contributed by atoms with van der Waals surface area (Å²) in [4.78, 5) is 23.2. The Morgan fingerprint density at radius 1 is 0.957 bits per heavy atom. The Hall–Kier alpha value is -3.21. The summed E-state index contributed by atoms with van der Waals surface area (Å²) in [5, 5.41) is 2.60. The van der Waals surface area contributed by atoms with E-state index in [-0.39, 0.29) is 12.2 Å². The topological polar surface area (TPSA) is 67.9 Å². The number of nitrogens with zero attached hydrogens (tertiary/aromatic N) is 2. The van der Waals surface area contributed by atoms with Crippen LogP contribution in [0.4, 0.5) is 0 Å². The van der Waals surface area contributed by atoms with E-state index in [4.69, 9.17) is 4.74 Å². The van der Waals surface area contributed by atoms with Crippen LogP contribution in [0.1, 0.15) is 5.82 Å². The largest absolute Gasteiger partial charge is 0.485 e. The molecular formula is C18H13N3O2. The zero-order valence-corrected chi connectivity index (χ0v) is 12.2. The van der Waals surface area contributed by atoms with Crippen LogP contribution in [0.15, 0.2) is 65.6 Å². The van der Waals surface area contributed by atoms with Crippen molar-refractivity contribution >= 4 is 21.8 Å². The highest BCUT2D eigenvalue weighted by atomic mass is 16.5. The fourth-order valence-corrected chi connectivity index (χ4v) is 2.55. The molecule has 112 valence electrons. The van der Waals surface area contributed by atoms with Crippen LogP contribution in [0.5, 0.6) is 5.75 Å². The standard InChI is InChI=1S/C18H13N3O2/c22-18-14-8-4-10-19-17(14)20-16(21-18)11-23-15-9-3-6-12-5-1-2-7-13(12)15/h1-10H,11H2,(H,19,20,21,22). The van der Waals surface area contributed by atoms with Gasteiger partial charge in [-0.15, -0.1) is 0 Å². The molecule has 0 atom stereocenters. The Labute approximate surface area is 131 Å². The van der Waals surface area contributed by atoms with Crippen molar-refractivity contribution in [3.05, 3.63) is 77.0 Å². The van der Waals surface area contributed by atoms with E-state index in [1.54, 1.807) is 18.3 Å². The molecular weight excluding hydrogens is 290 g/mol. The molecule has 0 fully saturated rings. The molecule has 0 saturated heterocycles. The average Bonchev–Trinajstić information content (AvgIpc) is 2.60. The van der Waals surface area contributed by atoms with Crippen molar-refractivity contribution in [2.45, 2.75) is 6.61 Å². The first kappa shape index (κ1) is 13.5. The second kappa shape index (κ2) is 5.53. The third kappa shape index (κ3) is 2.53. The van der Waals surface area contributed by atoms with Gasteiger partial charge >= 0.3 is 0 Å². The minimum Gasteiger partial charge on any atom is -0.485 e. The van der Waals surface area contributed by atoms with Crippen molar-refractivity contribution in [2.24, 2.45) is 0 Å². The van der Waals surface area contributed by atoms with Crippen LogP contribution >= 0.6 is 0 Å². The summed E-state index contributed by atoms with van der Waals surface area (Å²) in [5.74, 6) is 1.21. The third-order valence-electron chi connectivity index (χ3n) is 3.64. The zero-order chi connectivity index (χ0) is 15.6. The maximum atomic E-state index is 12.0. The van der Waals surface area contributed by atoms with E-state index in [1.165, 1.54) is 0 Å². The first-order valence-electron chi connectivity index (χ1n) is 7.26. The quantitative estimate of drug-likeness (QED) is 0.631. The van der Waals surface area contributed by atoms with Crippen LogP contribution in [-0.2, 0) is 6.61 Å². The van der Waals surface area contributed by atoms with Crippen LogP contribution in [0.25, 0.3) is 21.8 Å². The number of nitrogens with one attached hydrogen (secondary N) is 1. The maximum absolute atomic E-state index is 12.0. The van der Waals surface area contributed by atoms with Gasteiger partial charge in [-0.25, -0.2) is 9.97 Å². The highest BCUT2D eigenvalue weighted by Crippen LogP contribution is 2.25. The second-order valence-corrected chi connectivity index (χ2v) is 5.15. The molecule has 4 aromatic rings. The van der Waals surface area contributed by atoms with Crippen molar-refractivity contribution in [3.8, 4) is 5.75 Å². The number of pyridine rings is 1. The number of benzene rings is 2. The van der Waals surface area contributed by atoms with Gasteiger partial charge in [-0.05, 0) is 23.6 Å². The predicted octanol–water partition coefficient (Wildman–Crippen LogP) is 3.05. The van der Waals surface area contributed by atoms with Gasteiger partial charge in [-0.1, -0.05) is 36.4 Å². The van der Waals surface area contributed by atoms with E-state index >= 15 is 0 Å². The summed E-state index contributed by atoms with van der Waals surface area (Å²) in [6.07, 6.45) is 1.62. The summed E-state index contributed by atoms with van der Waals surface area (Å²) >= 11 is 0. The molecule has 4 rings (SSSR count). The van der Waals surface area contributed by atoms with E-state index < -0.39 is 0 Å². The fraction of sp³-hybridized carbons (Fsp3) is 0.0556. The van der Waals surface area contributed by atoms with Crippen LogP contribution in [0.3, 0.4) is 0 Å². The minimum absolute atomic E-state index is 0.176. The summed E-state index contributed by atoms with van der Waals surface area (Å²) < 4.78 is 5.85. The number of hydrogen-bond donors (Lipinski definition) is 1. The predicted molar refractivity (Wildman–Crippen MR) is 88.4 cm³/mol. The van der Waals surface area contributed by atoms with E-state index in [0.717, 1.165) is 16.5 Å². The lowest BCUT2D eigenvalue weighted by molar-refractivity contribution is 0.299. The fourth-order valence-electron chi connectivity index (χ4n) is 2.55. The normalized spacial score (nSPS) is 11.0. The van der Waals surface area contributed by atoms with Crippen LogP contribution in [-0.4, -0.2) is 15.0 Å². The molecule has 2 heterocycles. The number of H-pyrrole nitrogens is 1. The zero-order valence-electron chi connectivity index (χ0n) is 12.2. The van der Waals surface area contributed by atoms with Gasteiger partial charge in [0.2, 0.25) is 0 Å². The Balaban J connectivity index is 1.67. The number of aromatic nitrogens is 3. The highest BCUT2D eigenvalue weighted by Gasteiger charge is 2.06. The van der Waals surface area contributed by atoms with Crippen molar-refractivity contribution in [3.63, 3.8) is 0 Å². The summed E-state index contributed by atoms with van der Waals surface area (Å²) in [5.41, 5.74) is 0.215. The Kier molecular flexibility index (Phi) is 3.24. The van der Waals surface area contributed by atoms with Crippen molar-refractivity contribution in [1.82, 2.24) is 15.0 Å². The van der Waals surface area contributed by atoms with Gasteiger partial charge in [0.05, 0.1) is 5.39 Å². The Morgan fingerprint density at radius 2 is 1.78 bits per heavy atom. The number of rotatable bonds is 3. The van der Waals surface area contributed by atoms with Gasteiger partial charge in [0.25, 0.3) is 5.56 Å². The lowest BCUT2D eigenvalue weighted by Gasteiger charge is -2.09. The first-order chi connectivity index (χ1) is 11.3. The second-order valence-electron chi connectivity index (χ2n) is 5.15. The van der Waals surface area contributed by atoms with Crippen LogP contribution in [0, 0.1) is 0 Å². The van der Waals surface area contributed by atoms with Crippen molar-refractivity contribution in [2.75, 3.05) is 0 Å². The van der Waals surface area contributed by atoms with Gasteiger partial charge in [-0.3, -0.25) is 4.79 Å². The van der Waals surface area contributed by atoms with Crippen molar-refractivity contribution < 1.29 is 4.74 Å². The maximum Gasteiger partial charge on any atom is 0.260 e. The van der Waals surface area contributed by atoms with Gasteiger partial charge in [0.15, 0.2) is 5.65 Å². The Bertz CT molecular complexity index is 1050. The molecule has 0 aliphatic rings. The average molecular weight is 303 g/mol. The lowest BCUT2D eigenvalue weighted by Crippen LogP contribution is -2.14. The molecule has 1 N–H and O–H groups in total. The number of fused-ring (bicyclic) bond motifs is 2. The van der Waals surface area contributed by atoms with Crippen molar-refractivity contribution in [1.29, 1.82) is 0 Å². The molecule has 0 amide bonds. The van der Waals surface area contributed by atoms with E-state index in [0.29, 0.717) is 16.9 Å². The molecule has 5 nitrogen and oxygen atoms in total. The van der Waals surface area contributed by atoms with Crippen LogP contribution in [0.2, 0.25) is 0 Å². The van der Waals surface area contributed by atoms with Gasteiger partial charge < -0.3 is 9.72 Å². The molecule has 0 aliphatic carbocycles. The first-order valence-corrected chi connectivity index (χ1v) is 7.26. The molecule has 0 saturated carbocycles. The van der Waals surface area contributed by atoms with E-state index in [1.807, 2.05) is 42.5 Å². The van der Waals surface area contributed by atoms with Crippen LogP contribution < -0.4 is 10.3 Å². The number of hydrogen-bond acceptors (Lipinski definition) is 4. The summed E-state index contributed by atoms with van der Waals surface area (Å²) in [6, 6.07) is 17.3. The molecule has 23 heavy (non-hydrogen) atoms. The monoisotopic (exact) mass is 303 g/mol. The molecule has 5 heteroatoms. The van der Waals surface area contributed by atoms with E-state index in [9.17, 15) is 4.79 Å². The molecule has 0 radical (unpaired) electrons. The molecule has 0 unspecified atom stereocenters. The summed E-state index contributed by atoms with van der Waals surface area (Å²) in [6.45, 7) is 0.176. The number of aromatic amines is 1. The molecule has 2 aromatic carbocycles. The Morgan fingerprint density at radius 3 is 2.74 bits per heavy atom. The SMILES string of the molecule is O=c1[nH]c(COc2cccc3ccccc23)nc2ncccc12. The molecule has 2 aromatic heterocycles. The number of ether oxygens (including phenoxy) is 1. The molecule has 0 aliphatic heterocycles.